The molecule has 0 amide bonds. The molecule has 1 aromatic heterocycles. The number of nitrogens with one attached hydrogen (secondary N) is 2. The average Bonchev–Trinajstić information content (AvgIpc) is 2.61. The monoisotopic (exact) mass is 404 g/mol. The van der Waals surface area contributed by atoms with Crippen molar-refractivity contribution in [3.8, 4) is 0 Å². The van der Waals surface area contributed by atoms with Crippen LogP contribution in [0.4, 0.5) is 27.5 Å². The fraction of sp³-hybridized carbons (Fsp3) is 0.292. The summed E-state index contributed by atoms with van der Waals surface area (Å²) in [5.41, 5.74) is 4.91. The summed E-state index contributed by atoms with van der Waals surface area (Å²) in [7, 11) is 0. The Balaban J connectivity index is 1.78. The van der Waals surface area contributed by atoms with Gasteiger partial charge in [-0.2, -0.15) is 4.98 Å². The summed E-state index contributed by atoms with van der Waals surface area (Å²) < 4.78 is 13.2. The first-order chi connectivity index (χ1) is 14.2. The molecule has 4 rings (SSSR count). The van der Waals surface area contributed by atoms with Gasteiger partial charge in [0.25, 0.3) is 0 Å². The van der Waals surface area contributed by atoms with Crippen molar-refractivity contribution in [1.82, 2.24) is 9.97 Å². The van der Waals surface area contributed by atoms with Gasteiger partial charge in [0.05, 0.1) is 11.3 Å². The van der Waals surface area contributed by atoms with E-state index in [2.05, 4.69) is 40.5 Å². The molecule has 0 radical (unpaired) electrons. The molecule has 0 atom stereocenters. The molecule has 0 bridgehead atoms. The molecule has 3 aromatic rings. The molecule has 1 aliphatic rings. The van der Waals surface area contributed by atoms with Gasteiger partial charge in [-0.3, -0.25) is 4.79 Å². The summed E-state index contributed by atoms with van der Waals surface area (Å²) in [6, 6.07) is 12.1. The lowest BCUT2D eigenvalue weighted by molar-refractivity contribution is 0.0911. The third-order valence-electron chi connectivity index (χ3n) is 5.13. The van der Waals surface area contributed by atoms with Crippen LogP contribution in [0.5, 0.6) is 0 Å². The molecule has 2 aromatic carbocycles. The molecule has 2 N–H and O–H groups in total. The molecule has 0 fully saturated rings. The lowest BCUT2D eigenvalue weighted by Crippen LogP contribution is -2.29. The van der Waals surface area contributed by atoms with Crippen molar-refractivity contribution in [1.29, 1.82) is 0 Å². The lowest BCUT2D eigenvalue weighted by Gasteiger charge is -2.30. The average molecular weight is 404 g/mol. The van der Waals surface area contributed by atoms with Crippen LogP contribution in [0.3, 0.4) is 0 Å². The minimum absolute atomic E-state index is 0.0430. The Morgan fingerprint density at radius 1 is 0.900 bits per heavy atom. The minimum atomic E-state index is -0.309. The van der Waals surface area contributed by atoms with E-state index in [1.54, 1.807) is 12.1 Å². The molecule has 1 heterocycles. The topological polar surface area (TPSA) is 66.9 Å². The standard InChI is InChI=1S/C24H25FN4O/c1-14-9-15(2)11-18(10-14)26-22-21-19(12-24(3,4)13-20(21)30)28-23(29-22)27-17-7-5-16(25)6-8-17/h5-11H,12-13H2,1-4H3,(H2,26,27,28,29). The molecule has 5 nitrogen and oxygen atoms in total. The van der Waals surface area contributed by atoms with Crippen LogP contribution in [0.2, 0.25) is 0 Å². The van der Waals surface area contributed by atoms with Crippen LogP contribution in [-0.2, 0) is 6.42 Å². The number of benzene rings is 2. The molecule has 1 aliphatic carbocycles. The third-order valence-corrected chi connectivity index (χ3v) is 5.13. The van der Waals surface area contributed by atoms with Crippen LogP contribution in [0, 0.1) is 25.1 Å². The highest BCUT2D eigenvalue weighted by Crippen LogP contribution is 2.38. The van der Waals surface area contributed by atoms with Gasteiger partial charge in [0, 0.05) is 17.8 Å². The SMILES string of the molecule is Cc1cc(C)cc(Nc2nc(Nc3ccc(F)cc3)nc3c2C(=O)CC(C)(C)C3)c1. The van der Waals surface area contributed by atoms with Crippen molar-refractivity contribution >= 4 is 28.9 Å². The first-order valence-electron chi connectivity index (χ1n) is 10.0. The summed E-state index contributed by atoms with van der Waals surface area (Å²) in [6.45, 7) is 8.20. The number of Topliss-reactive ketones (excluding diaryl/α,β-unsaturated/α-hetero) is 1. The smallest absolute Gasteiger partial charge is 0.229 e. The number of nitrogens with zero attached hydrogens (tertiary/aromatic N) is 2. The summed E-state index contributed by atoms with van der Waals surface area (Å²) in [5.74, 6) is 0.603. The molecule has 0 spiro atoms. The number of fused-ring (bicyclic) bond motifs is 1. The van der Waals surface area contributed by atoms with E-state index in [-0.39, 0.29) is 17.0 Å². The number of carbonyl (C=O) groups excluding carboxylic acids is 1. The van der Waals surface area contributed by atoms with Crippen LogP contribution in [0.15, 0.2) is 42.5 Å². The van der Waals surface area contributed by atoms with E-state index in [9.17, 15) is 9.18 Å². The van der Waals surface area contributed by atoms with Gasteiger partial charge < -0.3 is 10.6 Å². The number of hydrogen-bond donors (Lipinski definition) is 2. The van der Waals surface area contributed by atoms with Gasteiger partial charge in [0.2, 0.25) is 5.95 Å². The highest BCUT2D eigenvalue weighted by molar-refractivity contribution is 6.03. The van der Waals surface area contributed by atoms with Crippen LogP contribution in [0.25, 0.3) is 0 Å². The number of anilines is 4. The summed E-state index contributed by atoms with van der Waals surface area (Å²) in [4.78, 5) is 22.2. The van der Waals surface area contributed by atoms with E-state index in [0.29, 0.717) is 35.9 Å². The zero-order valence-electron chi connectivity index (χ0n) is 17.6. The van der Waals surface area contributed by atoms with Crippen molar-refractivity contribution in [2.24, 2.45) is 5.41 Å². The van der Waals surface area contributed by atoms with E-state index in [1.807, 2.05) is 26.0 Å². The molecular weight excluding hydrogens is 379 g/mol. The molecule has 6 heteroatoms. The van der Waals surface area contributed by atoms with E-state index in [4.69, 9.17) is 0 Å². The molecule has 0 saturated heterocycles. The zero-order chi connectivity index (χ0) is 21.5. The number of carbonyl (C=O) groups is 1. The fourth-order valence-electron chi connectivity index (χ4n) is 3.96. The van der Waals surface area contributed by atoms with Crippen molar-refractivity contribution < 1.29 is 9.18 Å². The molecule has 30 heavy (non-hydrogen) atoms. The maximum absolute atomic E-state index is 13.2. The Morgan fingerprint density at radius 3 is 2.23 bits per heavy atom. The Morgan fingerprint density at radius 2 is 1.57 bits per heavy atom. The van der Waals surface area contributed by atoms with Gasteiger partial charge >= 0.3 is 0 Å². The minimum Gasteiger partial charge on any atom is -0.339 e. The number of hydrogen-bond acceptors (Lipinski definition) is 5. The third kappa shape index (κ3) is 4.32. The number of rotatable bonds is 4. The Kier molecular flexibility index (Phi) is 5.02. The molecule has 154 valence electrons. The second-order valence-corrected chi connectivity index (χ2v) is 8.79. The van der Waals surface area contributed by atoms with Crippen LogP contribution >= 0.6 is 0 Å². The van der Waals surface area contributed by atoms with Crippen LogP contribution in [-0.4, -0.2) is 15.8 Å². The van der Waals surface area contributed by atoms with Gasteiger partial charge in [-0.05, 0) is 73.2 Å². The highest BCUT2D eigenvalue weighted by Gasteiger charge is 2.35. The number of aromatic nitrogens is 2. The van der Waals surface area contributed by atoms with Gasteiger partial charge in [0.15, 0.2) is 5.78 Å². The van der Waals surface area contributed by atoms with Crippen molar-refractivity contribution in [3.05, 3.63) is 70.7 Å². The molecular formula is C24H25FN4O. The highest BCUT2D eigenvalue weighted by atomic mass is 19.1. The van der Waals surface area contributed by atoms with Crippen molar-refractivity contribution in [2.75, 3.05) is 10.6 Å². The Labute approximate surface area is 175 Å². The number of halogens is 1. The lowest BCUT2D eigenvalue weighted by atomic mass is 9.75. The number of aryl methyl sites for hydroxylation is 2. The first-order valence-corrected chi connectivity index (χ1v) is 10.0. The van der Waals surface area contributed by atoms with Crippen LogP contribution in [0.1, 0.15) is 47.4 Å². The van der Waals surface area contributed by atoms with Gasteiger partial charge in [-0.1, -0.05) is 19.9 Å². The van der Waals surface area contributed by atoms with Gasteiger partial charge in [-0.15, -0.1) is 0 Å². The maximum Gasteiger partial charge on any atom is 0.229 e. The first kappa shape index (κ1) is 20.0. The normalized spacial score (nSPS) is 14.9. The quantitative estimate of drug-likeness (QED) is 0.569. The molecule has 0 unspecified atom stereocenters. The predicted molar refractivity (Wildman–Crippen MR) is 117 cm³/mol. The van der Waals surface area contributed by atoms with Crippen molar-refractivity contribution in [2.45, 2.75) is 40.5 Å². The number of ketones is 1. The Bertz CT molecular complexity index is 1100. The van der Waals surface area contributed by atoms with E-state index in [0.717, 1.165) is 22.5 Å². The summed E-state index contributed by atoms with van der Waals surface area (Å²) in [5, 5.41) is 6.47. The van der Waals surface area contributed by atoms with Gasteiger partial charge in [0.1, 0.15) is 11.6 Å². The molecule has 0 aliphatic heterocycles. The Hall–Kier alpha value is -3.28. The van der Waals surface area contributed by atoms with E-state index < -0.39 is 0 Å². The summed E-state index contributed by atoms with van der Waals surface area (Å²) in [6.07, 6.45) is 1.13. The second-order valence-electron chi connectivity index (χ2n) is 8.79. The largest absolute Gasteiger partial charge is 0.339 e. The van der Waals surface area contributed by atoms with Crippen molar-refractivity contribution in [3.63, 3.8) is 0 Å². The molecule has 0 saturated carbocycles. The fourth-order valence-corrected chi connectivity index (χ4v) is 3.96. The zero-order valence-corrected chi connectivity index (χ0v) is 17.6. The summed E-state index contributed by atoms with van der Waals surface area (Å²) >= 11 is 0. The van der Waals surface area contributed by atoms with Gasteiger partial charge in [-0.25, -0.2) is 9.37 Å². The van der Waals surface area contributed by atoms with E-state index >= 15 is 0 Å². The van der Waals surface area contributed by atoms with E-state index in [1.165, 1.54) is 12.1 Å². The maximum atomic E-state index is 13.2. The second kappa shape index (κ2) is 7.52. The predicted octanol–water partition coefficient (Wildman–Crippen LogP) is 5.87. The van der Waals surface area contributed by atoms with Crippen LogP contribution < -0.4 is 10.6 Å².